The number of benzene rings is 1. The fraction of sp³-hybridized carbons (Fsp3) is 0.474. The van der Waals surface area contributed by atoms with Crippen LogP contribution in [0.25, 0.3) is 5.69 Å². The molecule has 128 valence electrons. The van der Waals surface area contributed by atoms with E-state index in [2.05, 4.69) is 52.8 Å². The van der Waals surface area contributed by atoms with Gasteiger partial charge in [0.15, 0.2) is 5.16 Å². The summed E-state index contributed by atoms with van der Waals surface area (Å²) in [6.07, 6.45) is 1.94. The summed E-state index contributed by atoms with van der Waals surface area (Å²) in [4.78, 5) is 18.9. The molecule has 2 aromatic rings. The molecule has 0 amide bonds. The fourth-order valence-electron chi connectivity index (χ4n) is 2.95. The van der Waals surface area contributed by atoms with Crippen LogP contribution in [0.1, 0.15) is 44.0 Å². The molecule has 0 radical (unpaired) electrons. The van der Waals surface area contributed by atoms with Crippen molar-refractivity contribution in [1.82, 2.24) is 9.55 Å². The minimum atomic E-state index is 0.0881. The van der Waals surface area contributed by atoms with Crippen LogP contribution in [0, 0.1) is 13.8 Å². The SMILES string of the molecule is CCC(C)Sc1nc2c(c(=O)n1-c1cc(C)cc(C)c1)SC(C)C2. The lowest BCUT2D eigenvalue weighted by Gasteiger charge is -2.17. The van der Waals surface area contributed by atoms with Crippen LogP contribution in [0.2, 0.25) is 0 Å². The Morgan fingerprint density at radius 2 is 2.00 bits per heavy atom. The van der Waals surface area contributed by atoms with Crippen LogP contribution in [0.15, 0.2) is 33.0 Å². The van der Waals surface area contributed by atoms with Gasteiger partial charge in [-0.2, -0.15) is 0 Å². The van der Waals surface area contributed by atoms with Crippen molar-refractivity contribution in [3.63, 3.8) is 0 Å². The average Bonchev–Trinajstić information content (AvgIpc) is 2.87. The van der Waals surface area contributed by atoms with Gasteiger partial charge in [0.2, 0.25) is 0 Å². The summed E-state index contributed by atoms with van der Waals surface area (Å²) < 4.78 is 1.82. The van der Waals surface area contributed by atoms with E-state index in [1.165, 1.54) is 0 Å². The van der Waals surface area contributed by atoms with Crippen molar-refractivity contribution in [2.45, 2.75) is 68.0 Å². The molecule has 2 atom stereocenters. The van der Waals surface area contributed by atoms with Gasteiger partial charge in [-0.1, -0.05) is 38.6 Å². The quantitative estimate of drug-likeness (QED) is 0.581. The molecule has 1 aromatic carbocycles. The summed E-state index contributed by atoms with van der Waals surface area (Å²) in [5, 5.41) is 1.68. The molecule has 1 aromatic heterocycles. The van der Waals surface area contributed by atoms with Gasteiger partial charge in [0, 0.05) is 16.9 Å². The fourth-order valence-corrected chi connectivity index (χ4v) is 5.03. The maximum absolute atomic E-state index is 13.2. The molecule has 3 rings (SSSR count). The second kappa shape index (κ2) is 6.96. The minimum absolute atomic E-state index is 0.0881. The van der Waals surface area contributed by atoms with Crippen LogP contribution >= 0.6 is 23.5 Å². The number of rotatable bonds is 4. The number of aromatic nitrogens is 2. The van der Waals surface area contributed by atoms with Crippen LogP contribution in [0.3, 0.4) is 0 Å². The van der Waals surface area contributed by atoms with E-state index in [9.17, 15) is 4.79 Å². The number of hydrogen-bond donors (Lipinski definition) is 0. The van der Waals surface area contributed by atoms with Gasteiger partial charge in [-0.25, -0.2) is 4.98 Å². The third-order valence-electron chi connectivity index (χ3n) is 4.23. The average molecular weight is 361 g/mol. The molecule has 24 heavy (non-hydrogen) atoms. The molecule has 0 saturated heterocycles. The molecule has 5 heteroatoms. The van der Waals surface area contributed by atoms with E-state index in [0.717, 1.165) is 45.4 Å². The van der Waals surface area contributed by atoms with Crippen molar-refractivity contribution in [2.24, 2.45) is 0 Å². The Bertz CT molecular complexity index is 809. The zero-order valence-electron chi connectivity index (χ0n) is 14.9. The van der Waals surface area contributed by atoms with Gasteiger partial charge in [0.25, 0.3) is 5.56 Å². The van der Waals surface area contributed by atoms with Crippen LogP contribution < -0.4 is 5.56 Å². The minimum Gasteiger partial charge on any atom is -0.268 e. The first kappa shape index (κ1) is 17.6. The summed E-state index contributed by atoms with van der Waals surface area (Å²) in [5.41, 5.74) is 4.32. The second-order valence-electron chi connectivity index (χ2n) is 6.63. The Morgan fingerprint density at radius 1 is 1.33 bits per heavy atom. The monoisotopic (exact) mass is 360 g/mol. The molecule has 0 spiro atoms. The van der Waals surface area contributed by atoms with E-state index in [1.54, 1.807) is 23.5 Å². The molecule has 0 saturated carbocycles. The largest absolute Gasteiger partial charge is 0.272 e. The molecule has 0 aliphatic carbocycles. The van der Waals surface area contributed by atoms with E-state index in [0.29, 0.717) is 10.5 Å². The Hall–Kier alpha value is -1.20. The van der Waals surface area contributed by atoms with Crippen molar-refractivity contribution < 1.29 is 0 Å². The third-order valence-corrected chi connectivity index (χ3v) is 6.66. The summed E-state index contributed by atoms with van der Waals surface area (Å²) >= 11 is 3.36. The van der Waals surface area contributed by atoms with Gasteiger partial charge in [0.1, 0.15) is 0 Å². The maximum Gasteiger partial charge on any atom is 0.272 e. The number of fused-ring (bicyclic) bond motifs is 1. The van der Waals surface area contributed by atoms with Crippen LogP contribution in [-0.2, 0) is 6.42 Å². The van der Waals surface area contributed by atoms with E-state index in [1.807, 2.05) is 4.57 Å². The Kier molecular flexibility index (Phi) is 5.11. The first-order valence-corrected chi connectivity index (χ1v) is 10.2. The lowest BCUT2D eigenvalue weighted by molar-refractivity contribution is 0.725. The number of nitrogens with zero attached hydrogens (tertiary/aromatic N) is 2. The molecule has 1 aliphatic heterocycles. The molecular formula is C19H24N2OS2. The van der Waals surface area contributed by atoms with E-state index < -0.39 is 0 Å². The summed E-state index contributed by atoms with van der Waals surface area (Å²) in [6, 6.07) is 6.28. The highest BCUT2D eigenvalue weighted by atomic mass is 32.2. The van der Waals surface area contributed by atoms with Crippen LogP contribution in [0.5, 0.6) is 0 Å². The van der Waals surface area contributed by atoms with Gasteiger partial charge < -0.3 is 0 Å². The van der Waals surface area contributed by atoms with Crippen molar-refractivity contribution >= 4 is 23.5 Å². The Labute approximate surface area is 152 Å². The van der Waals surface area contributed by atoms with E-state index in [-0.39, 0.29) is 5.56 Å². The normalized spacial score (nSPS) is 17.8. The molecule has 3 nitrogen and oxygen atoms in total. The standard InChI is InChI=1S/C19H24N2OS2/c1-6-13(4)24-19-20-16-10-14(5)23-17(16)18(22)21(19)15-8-11(2)7-12(3)9-15/h7-9,13-14H,6,10H2,1-5H3. The van der Waals surface area contributed by atoms with Crippen molar-refractivity contribution in [3.8, 4) is 5.69 Å². The zero-order valence-corrected chi connectivity index (χ0v) is 16.6. The van der Waals surface area contributed by atoms with Gasteiger partial charge in [-0.3, -0.25) is 9.36 Å². The second-order valence-corrected chi connectivity index (χ2v) is 9.48. The highest BCUT2D eigenvalue weighted by Crippen LogP contribution is 2.35. The van der Waals surface area contributed by atoms with Gasteiger partial charge in [-0.05, 0) is 43.5 Å². The highest BCUT2D eigenvalue weighted by Gasteiger charge is 2.27. The topological polar surface area (TPSA) is 34.9 Å². The molecular weight excluding hydrogens is 336 g/mol. The number of thioether (sulfide) groups is 2. The van der Waals surface area contributed by atoms with Crippen LogP contribution in [0.4, 0.5) is 0 Å². The number of hydrogen-bond acceptors (Lipinski definition) is 4. The van der Waals surface area contributed by atoms with Crippen molar-refractivity contribution in [1.29, 1.82) is 0 Å². The number of aryl methyl sites for hydroxylation is 2. The summed E-state index contributed by atoms with van der Waals surface area (Å²) in [5.74, 6) is 0. The molecule has 2 heterocycles. The first-order valence-electron chi connectivity index (χ1n) is 8.47. The molecule has 0 bridgehead atoms. The van der Waals surface area contributed by atoms with Gasteiger partial charge >= 0.3 is 0 Å². The van der Waals surface area contributed by atoms with Crippen molar-refractivity contribution in [2.75, 3.05) is 0 Å². The predicted molar refractivity (Wildman–Crippen MR) is 104 cm³/mol. The maximum atomic E-state index is 13.2. The molecule has 0 N–H and O–H groups in total. The smallest absolute Gasteiger partial charge is 0.268 e. The molecule has 2 unspecified atom stereocenters. The van der Waals surface area contributed by atoms with Crippen LogP contribution in [-0.4, -0.2) is 20.1 Å². The lowest BCUT2D eigenvalue weighted by atomic mass is 10.1. The van der Waals surface area contributed by atoms with Crippen molar-refractivity contribution in [3.05, 3.63) is 45.4 Å². The Morgan fingerprint density at radius 3 is 2.62 bits per heavy atom. The molecule has 0 fully saturated rings. The van der Waals surface area contributed by atoms with Gasteiger partial charge in [-0.15, -0.1) is 11.8 Å². The third kappa shape index (κ3) is 3.42. The van der Waals surface area contributed by atoms with E-state index in [4.69, 9.17) is 4.98 Å². The summed E-state index contributed by atoms with van der Waals surface area (Å²) in [6.45, 7) is 10.7. The lowest BCUT2D eigenvalue weighted by Crippen LogP contribution is -2.24. The zero-order chi connectivity index (χ0) is 17.4. The summed E-state index contributed by atoms with van der Waals surface area (Å²) in [7, 11) is 0. The predicted octanol–water partition coefficient (Wildman–Crippen LogP) is 4.78. The highest BCUT2D eigenvalue weighted by molar-refractivity contribution is 8.00. The molecule has 1 aliphatic rings. The van der Waals surface area contributed by atoms with E-state index >= 15 is 0 Å². The van der Waals surface area contributed by atoms with Gasteiger partial charge in [0.05, 0.1) is 16.3 Å². The first-order chi connectivity index (χ1) is 11.4. The Balaban J connectivity index is 2.22.